The molecule has 2 aromatic rings. The van der Waals surface area contributed by atoms with Crippen LogP contribution >= 0.6 is 0 Å². The number of hydrogen-bond donors (Lipinski definition) is 1. The molecule has 1 heterocycles. The Hall–Kier alpha value is -2.01. The van der Waals surface area contributed by atoms with Gasteiger partial charge in [-0.15, -0.1) is 0 Å². The van der Waals surface area contributed by atoms with Crippen molar-refractivity contribution in [2.24, 2.45) is 0 Å². The van der Waals surface area contributed by atoms with Gasteiger partial charge in [0.25, 0.3) is 0 Å². The van der Waals surface area contributed by atoms with E-state index in [-0.39, 0.29) is 0 Å². The van der Waals surface area contributed by atoms with E-state index in [1.165, 1.54) is 0 Å². The van der Waals surface area contributed by atoms with Crippen LogP contribution in [0.4, 0.5) is 0 Å². The fraction of sp³-hybridized carbons (Fsp3) is 0.438. The van der Waals surface area contributed by atoms with Gasteiger partial charge in [-0.1, -0.05) is 12.1 Å². The molecule has 21 heavy (non-hydrogen) atoms. The molecule has 0 aliphatic heterocycles. The monoisotopic (exact) mass is 289 g/mol. The van der Waals surface area contributed by atoms with Crippen molar-refractivity contribution in [3.05, 3.63) is 42.2 Å². The van der Waals surface area contributed by atoms with Gasteiger partial charge in [-0.25, -0.2) is 0 Å². The lowest BCUT2D eigenvalue weighted by molar-refractivity contribution is 0.308. The second-order valence-corrected chi connectivity index (χ2v) is 4.89. The molecule has 1 aromatic carbocycles. The number of ether oxygens (including phenoxy) is 2. The zero-order valence-electron chi connectivity index (χ0n) is 12.9. The highest BCUT2D eigenvalue weighted by atomic mass is 16.5. The zero-order valence-corrected chi connectivity index (χ0v) is 12.9. The molecule has 2 rings (SSSR count). The summed E-state index contributed by atoms with van der Waals surface area (Å²) in [6.45, 7) is 6.30. The summed E-state index contributed by atoms with van der Waals surface area (Å²) in [7, 11) is 1.68. The Morgan fingerprint density at radius 2 is 2.19 bits per heavy atom. The van der Waals surface area contributed by atoms with Crippen molar-refractivity contribution in [1.82, 2.24) is 15.1 Å². The third kappa shape index (κ3) is 4.23. The highest BCUT2D eigenvalue weighted by molar-refractivity contribution is 5.46. The van der Waals surface area contributed by atoms with Crippen molar-refractivity contribution in [2.75, 3.05) is 13.7 Å². The summed E-state index contributed by atoms with van der Waals surface area (Å²) in [6.07, 6.45) is 3.76. The Bertz CT molecular complexity index is 540. The summed E-state index contributed by atoms with van der Waals surface area (Å²) in [6, 6.07) is 8.21. The van der Waals surface area contributed by atoms with Gasteiger partial charge < -0.3 is 14.8 Å². The van der Waals surface area contributed by atoms with Crippen LogP contribution in [0.25, 0.3) is 0 Å². The number of aromatic nitrogens is 2. The largest absolute Gasteiger partial charge is 0.493 e. The molecular weight excluding hydrogens is 266 g/mol. The van der Waals surface area contributed by atoms with Crippen LogP contribution in [0.1, 0.15) is 19.4 Å². The van der Waals surface area contributed by atoms with Gasteiger partial charge in [0, 0.05) is 30.5 Å². The van der Waals surface area contributed by atoms with Crippen LogP contribution in [0.15, 0.2) is 36.7 Å². The van der Waals surface area contributed by atoms with Gasteiger partial charge in [0.15, 0.2) is 11.5 Å². The molecular formula is C16H23N3O2. The Labute approximate surface area is 125 Å². The van der Waals surface area contributed by atoms with E-state index in [0.717, 1.165) is 30.2 Å². The van der Waals surface area contributed by atoms with Crippen molar-refractivity contribution >= 4 is 0 Å². The summed E-state index contributed by atoms with van der Waals surface area (Å²) >= 11 is 0. The number of benzene rings is 1. The van der Waals surface area contributed by atoms with Crippen molar-refractivity contribution in [3.8, 4) is 11.5 Å². The van der Waals surface area contributed by atoms with E-state index in [0.29, 0.717) is 12.6 Å². The van der Waals surface area contributed by atoms with Gasteiger partial charge in [-0.2, -0.15) is 5.10 Å². The van der Waals surface area contributed by atoms with Crippen LogP contribution in [-0.2, 0) is 13.1 Å². The van der Waals surface area contributed by atoms with Gasteiger partial charge in [-0.05, 0) is 26.0 Å². The van der Waals surface area contributed by atoms with E-state index in [1.807, 2.05) is 36.0 Å². The zero-order chi connectivity index (χ0) is 15.1. The van der Waals surface area contributed by atoms with Gasteiger partial charge >= 0.3 is 0 Å². The minimum atomic E-state index is 0.311. The molecule has 114 valence electrons. The van der Waals surface area contributed by atoms with Crippen LogP contribution in [-0.4, -0.2) is 29.5 Å². The molecule has 0 radical (unpaired) electrons. The van der Waals surface area contributed by atoms with E-state index in [9.17, 15) is 0 Å². The predicted octanol–water partition coefficient (Wildman–Crippen LogP) is 2.47. The van der Waals surface area contributed by atoms with Gasteiger partial charge in [-0.3, -0.25) is 4.68 Å². The van der Waals surface area contributed by atoms with E-state index in [2.05, 4.69) is 23.4 Å². The van der Waals surface area contributed by atoms with E-state index >= 15 is 0 Å². The standard InChI is InChI=1S/C16H23N3O2/c1-4-21-15-8-5-7-14(16(15)20-3)11-17-13(2)12-19-10-6-9-18-19/h5-10,13,17H,4,11-12H2,1-3H3. The highest BCUT2D eigenvalue weighted by Crippen LogP contribution is 2.30. The third-order valence-electron chi connectivity index (χ3n) is 3.23. The number of methoxy groups -OCH3 is 1. The molecule has 1 N–H and O–H groups in total. The van der Waals surface area contributed by atoms with E-state index in [4.69, 9.17) is 9.47 Å². The topological polar surface area (TPSA) is 48.3 Å². The molecule has 0 aliphatic carbocycles. The lowest BCUT2D eigenvalue weighted by atomic mass is 10.1. The first kappa shape index (κ1) is 15.4. The fourth-order valence-electron chi connectivity index (χ4n) is 2.24. The lowest BCUT2D eigenvalue weighted by Gasteiger charge is -2.17. The first-order valence-electron chi connectivity index (χ1n) is 7.24. The Kier molecular flexibility index (Phi) is 5.63. The second kappa shape index (κ2) is 7.69. The minimum Gasteiger partial charge on any atom is -0.493 e. The number of hydrogen-bond acceptors (Lipinski definition) is 4. The van der Waals surface area contributed by atoms with Gasteiger partial charge in [0.05, 0.1) is 20.3 Å². The van der Waals surface area contributed by atoms with Crippen LogP contribution in [0.2, 0.25) is 0 Å². The van der Waals surface area contributed by atoms with Gasteiger partial charge in [0.1, 0.15) is 0 Å². The number of rotatable bonds is 8. The van der Waals surface area contributed by atoms with Crippen LogP contribution < -0.4 is 14.8 Å². The smallest absolute Gasteiger partial charge is 0.165 e. The molecule has 0 saturated carbocycles. The number of nitrogens with zero attached hydrogens (tertiary/aromatic N) is 2. The maximum absolute atomic E-state index is 5.59. The number of para-hydroxylation sites is 1. The fourth-order valence-corrected chi connectivity index (χ4v) is 2.24. The summed E-state index contributed by atoms with van der Waals surface area (Å²) < 4.78 is 13.0. The molecule has 5 nitrogen and oxygen atoms in total. The Balaban J connectivity index is 1.97. The number of nitrogens with one attached hydrogen (secondary N) is 1. The first-order chi connectivity index (χ1) is 10.2. The van der Waals surface area contributed by atoms with Crippen LogP contribution in [0.3, 0.4) is 0 Å². The van der Waals surface area contributed by atoms with E-state index < -0.39 is 0 Å². The normalized spacial score (nSPS) is 12.1. The third-order valence-corrected chi connectivity index (χ3v) is 3.23. The maximum Gasteiger partial charge on any atom is 0.165 e. The summed E-state index contributed by atoms with van der Waals surface area (Å²) in [5.74, 6) is 1.59. The molecule has 0 fully saturated rings. The maximum atomic E-state index is 5.59. The highest BCUT2D eigenvalue weighted by Gasteiger charge is 2.11. The quantitative estimate of drug-likeness (QED) is 0.811. The van der Waals surface area contributed by atoms with Crippen molar-refractivity contribution in [3.63, 3.8) is 0 Å². The van der Waals surface area contributed by atoms with Gasteiger partial charge in [0.2, 0.25) is 0 Å². The Morgan fingerprint density at radius 1 is 1.33 bits per heavy atom. The first-order valence-corrected chi connectivity index (χ1v) is 7.24. The predicted molar refractivity (Wildman–Crippen MR) is 82.7 cm³/mol. The minimum absolute atomic E-state index is 0.311. The van der Waals surface area contributed by atoms with Crippen molar-refractivity contribution in [1.29, 1.82) is 0 Å². The average Bonchev–Trinajstić information content (AvgIpc) is 2.98. The SMILES string of the molecule is CCOc1cccc(CNC(C)Cn2cccn2)c1OC. The van der Waals surface area contributed by atoms with E-state index in [1.54, 1.807) is 13.3 Å². The van der Waals surface area contributed by atoms with Crippen molar-refractivity contribution < 1.29 is 9.47 Å². The van der Waals surface area contributed by atoms with Crippen molar-refractivity contribution in [2.45, 2.75) is 33.0 Å². The molecule has 1 aromatic heterocycles. The lowest BCUT2D eigenvalue weighted by Crippen LogP contribution is -2.30. The molecule has 0 bridgehead atoms. The molecule has 0 aliphatic rings. The molecule has 1 atom stereocenters. The molecule has 0 amide bonds. The molecule has 1 unspecified atom stereocenters. The summed E-state index contributed by atoms with van der Waals surface area (Å²) in [5.41, 5.74) is 1.09. The summed E-state index contributed by atoms with van der Waals surface area (Å²) in [4.78, 5) is 0. The Morgan fingerprint density at radius 3 is 2.86 bits per heavy atom. The molecule has 5 heteroatoms. The van der Waals surface area contributed by atoms with Crippen LogP contribution in [0.5, 0.6) is 11.5 Å². The second-order valence-electron chi connectivity index (χ2n) is 4.89. The molecule has 0 saturated heterocycles. The van der Waals surface area contributed by atoms with Crippen LogP contribution in [0, 0.1) is 0 Å². The summed E-state index contributed by atoms with van der Waals surface area (Å²) in [5, 5.41) is 7.70. The average molecular weight is 289 g/mol. The molecule has 0 spiro atoms.